The lowest BCUT2D eigenvalue weighted by Crippen LogP contribution is -2.35. The molecule has 1 aliphatic rings. The van der Waals surface area contributed by atoms with Crippen LogP contribution in [0.25, 0.3) is 6.08 Å². The minimum absolute atomic E-state index is 0.0624. The summed E-state index contributed by atoms with van der Waals surface area (Å²) >= 11 is 11.9. The number of rotatable bonds is 5. The molecule has 0 atom stereocenters. The lowest BCUT2D eigenvalue weighted by Gasteiger charge is -2.26. The predicted octanol–water partition coefficient (Wildman–Crippen LogP) is 4.95. The van der Waals surface area contributed by atoms with Gasteiger partial charge in [-0.15, -0.1) is 0 Å². The van der Waals surface area contributed by atoms with Crippen LogP contribution in [0.3, 0.4) is 0 Å². The lowest BCUT2D eigenvalue weighted by atomic mass is 10.1. The second-order valence-electron chi connectivity index (χ2n) is 6.78. The monoisotopic (exact) mass is 416 g/mol. The molecule has 1 N–H and O–H groups in total. The summed E-state index contributed by atoms with van der Waals surface area (Å²) in [6.07, 6.45) is 6.43. The Morgan fingerprint density at radius 1 is 1.00 bits per heavy atom. The normalized spacial score (nSPS) is 14.3. The number of carbonyl (C=O) groups is 2. The molecule has 6 heteroatoms. The fraction of sp³-hybridized carbons (Fsp3) is 0.273. The van der Waals surface area contributed by atoms with E-state index in [9.17, 15) is 9.59 Å². The average molecular weight is 417 g/mol. The van der Waals surface area contributed by atoms with Gasteiger partial charge >= 0.3 is 0 Å². The Balaban J connectivity index is 1.56. The second kappa shape index (κ2) is 9.76. The van der Waals surface area contributed by atoms with Crippen LogP contribution in [0, 0.1) is 0 Å². The number of hydrogen-bond donors (Lipinski definition) is 1. The predicted molar refractivity (Wildman–Crippen MR) is 114 cm³/mol. The van der Waals surface area contributed by atoms with Crippen molar-refractivity contribution in [2.45, 2.75) is 25.8 Å². The molecule has 2 aromatic rings. The molecule has 0 spiro atoms. The Hall–Kier alpha value is -2.30. The molecule has 1 heterocycles. The van der Waals surface area contributed by atoms with Gasteiger partial charge in [-0.2, -0.15) is 0 Å². The summed E-state index contributed by atoms with van der Waals surface area (Å²) in [4.78, 5) is 26.6. The molecule has 1 fully saturated rings. The molecule has 2 aromatic carbocycles. The quantitative estimate of drug-likeness (QED) is 0.700. The molecule has 0 radical (unpaired) electrons. The van der Waals surface area contributed by atoms with Crippen molar-refractivity contribution in [2.75, 3.05) is 13.1 Å². The zero-order chi connectivity index (χ0) is 19.9. The van der Waals surface area contributed by atoms with Crippen LogP contribution < -0.4 is 5.32 Å². The molecule has 146 valence electrons. The summed E-state index contributed by atoms with van der Waals surface area (Å²) in [5.41, 5.74) is 2.35. The standard InChI is InChI=1S/C22H22Cl2N2O2/c23-19-9-7-16(14-20(19)24)8-10-21(27)25-15-17-5-4-6-18(13-17)22(28)26-11-2-1-3-12-26/h4-10,13-14H,1-3,11-12,15H2,(H,25,27). The number of nitrogens with one attached hydrogen (secondary N) is 1. The first-order valence-electron chi connectivity index (χ1n) is 9.32. The largest absolute Gasteiger partial charge is 0.348 e. The van der Waals surface area contributed by atoms with E-state index >= 15 is 0 Å². The molecule has 0 aliphatic carbocycles. The Kier molecular flexibility index (Phi) is 7.12. The van der Waals surface area contributed by atoms with Crippen LogP contribution in [-0.2, 0) is 11.3 Å². The van der Waals surface area contributed by atoms with Gasteiger partial charge in [-0.05, 0) is 60.7 Å². The van der Waals surface area contributed by atoms with Gasteiger partial charge in [0.25, 0.3) is 5.91 Å². The van der Waals surface area contributed by atoms with Crippen LogP contribution in [0.2, 0.25) is 10.0 Å². The molecule has 0 aromatic heterocycles. The number of benzene rings is 2. The molecule has 1 aliphatic heterocycles. The second-order valence-corrected chi connectivity index (χ2v) is 7.59. The van der Waals surface area contributed by atoms with Crippen LogP contribution in [0.1, 0.15) is 40.7 Å². The van der Waals surface area contributed by atoms with E-state index in [1.807, 2.05) is 29.2 Å². The van der Waals surface area contributed by atoms with Gasteiger partial charge in [0.2, 0.25) is 5.91 Å². The fourth-order valence-corrected chi connectivity index (χ4v) is 3.44. The Morgan fingerprint density at radius 2 is 1.79 bits per heavy atom. The van der Waals surface area contributed by atoms with Gasteiger partial charge in [-0.3, -0.25) is 9.59 Å². The fourth-order valence-electron chi connectivity index (χ4n) is 3.13. The highest BCUT2D eigenvalue weighted by atomic mass is 35.5. The van der Waals surface area contributed by atoms with Gasteiger partial charge in [-0.25, -0.2) is 0 Å². The van der Waals surface area contributed by atoms with Gasteiger partial charge in [-0.1, -0.05) is 41.4 Å². The van der Waals surface area contributed by atoms with E-state index in [0.717, 1.165) is 37.1 Å². The first-order valence-corrected chi connectivity index (χ1v) is 10.1. The highest BCUT2D eigenvalue weighted by Crippen LogP contribution is 2.23. The summed E-state index contributed by atoms with van der Waals surface area (Å²) in [6.45, 7) is 1.99. The molecule has 0 unspecified atom stereocenters. The molecule has 28 heavy (non-hydrogen) atoms. The minimum atomic E-state index is -0.223. The smallest absolute Gasteiger partial charge is 0.253 e. The van der Waals surface area contributed by atoms with Crippen molar-refractivity contribution in [1.29, 1.82) is 0 Å². The SMILES string of the molecule is O=C(C=Cc1ccc(Cl)c(Cl)c1)NCc1cccc(C(=O)N2CCCCC2)c1. The van der Waals surface area contributed by atoms with E-state index in [-0.39, 0.29) is 11.8 Å². The number of amides is 2. The van der Waals surface area contributed by atoms with Gasteiger partial charge in [0.15, 0.2) is 0 Å². The number of nitrogens with zero attached hydrogens (tertiary/aromatic N) is 1. The summed E-state index contributed by atoms with van der Waals surface area (Å²) in [5, 5.41) is 3.75. The molecule has 4 nitrogen and oxygen atoms in total. The van der Waals surface area contributed by atoms with Gasteiger partial charge in [0, 0.05) is 31.3 Å². The van der Waals surface area contributed by atoms with Crippen LogP contribution in [0.4, 0.5) is 0 Å². The molecule has 3 rings (SSSR count). The van der Waals surface area contributed by atoms with E-state index in [4.69, 9.17) is 23.2 Å². The van der Waals surface area contributed by atoms with E-state index in [0.29, 0.717) is 22.2 Å². The number of carbonyl (C=O) groups excluding carboxylic acids is 2. The molecular formula is C22H22Cl2N2O2. The van der Waals surface area contributed by atoms with Gasteiger partial charge in [0.05, 0.1) is 10.0 Å². The third-order valence-corrected chi connectivity index (χ3v) is 5.39. The summed E-state index contributed by atoms with van der Waals surface area (Å²) < 4.78 is 0. The maximum atomic E-state index is 12.6. The number of halogens is 2. The number of hydrogen-bond acceptors (Lipinski definition) is 2. The van der Waals surface area contributed by atoms with Crippen molar-refractivity contribution >= 4 is 41.1 Å². The van der Waals surface area contributed by atoms with Crippen LogP contribution >= 0.6 is 23.2 Å². The van der Waals surface area contributed by atoms with Crippen LogP contribution in [0.5, 0.6) is 0 Å². The van der Waals surface area contributed by atoms with E-state index in [1.54, 1.807) is 24.3 Å². The van der Waals surface area contributed by atoms with Crippen molar-refractivity contribution < 1.29 is 9.59 Å². The first-order chi connectivity index (χ1) is 13.5. The van der Waals surface area contributed by atoms with Crippen molar-refractivity contribution in [3.05, 3.63) is 75.3 Å². The van der Waals surface area contributed by atoms with Gasteiger partial charge in [0.1, 0.15) is 0 Å². The number of piperidine rings is 1. The first kappa shape index (κ1) is 20.4. The highest BCUT2D eigenvalue weighted by molar-refractivity contribution is 6.42. The zero-order valence-electron chi connectivity index (χ0n) is 15.5. The summed E-state index contributed by atoms with van der Waals surface area (Å²) in [5.74, 6) is -0.161. The minimum Gasteiger partial charge on any atom is -0.348 e. The van der Waals surface area contributed by atoms with Crippen molar-refractivity contribution in [3.8, 4) is 0 Å². The topological polar surface area (TPSA) is 49.4 Å². The maximum absolute atomic E-state index is 12.6. The van der Waals surface area contributed by atoms with E-state index < -0.39 is 0 Å². The zero-order valence-corrected chi connectivity index (χ0v) is 17.0. The summed E-state index contributed by atoms with van der Waals surface area (Å²) in [7, 11) is 0. The summed E-state index contributed by atoms with van der Waals surface area (Å²) in [6, 6.07) is 12.6. The molecule has 2 amide bonds. The Labute approximate surface area is 175 Å². The lowest BCUT2D eigenvalue weighted by molar-refractivity contribution is -0.116. The van der Waals surface area contributed by atoms with Crippen molar-refractivity contribution in [1.82, 2.24) is 10.2 Å². The van der Waals surface area contributed by atoms with E-state index in [2.05, 4.69) is 5.32 Å². The molecule has 0 saturated carbocycles. The Bertz CT molecular complexity index is 890. The average Bonchev–Trinajstić information content (AvgIpc) is 2.73. The van der Waals surface area contributed by atoms with Gasteiger partial charge < -0.3 is 10.2 Å². The highest BCUT2D eigenvalue weighted by Gasteiger charge is 2.18. The number of likely N-dealkylation sites (tertiary alicyclic amines) is 1. The van der Waals surface area contributed by atoms with Crippen molar-refractivity contribution in [3.63, 3.8) is 0 Å². The third-order valence-electron chi connectivity index (χ3n) is 4.65. The van der Waals surface area contributed by atoms with Crippen LogP contribution in [0.15, 0.2) is 48.5 Å². The maximum Gasteiger partial charge on any atom is 0.253 e. The molecule has 1 saturated heterocycles. The molecular weight excluding hydrogens is 395 g/mol. The van der Waals surface area contributed by atoms with Crippen LogP contribution in [-0.4, -0.2) is 29.8 Å². The van der Waals surface area contributed by atoms with E-state index in [1.165, 1.54) is 12.5 Å². The molecule has 0 bridgehead atoms. The third kappa shape index (κ3) is 5.60. The van der Waals surface area contributed by atoms with Crippen molar-refractivity contribution in [2.24, 2.45) is 0 Å². The Morgan fingerprint density at radius 3 is 2.54 bits per heavy atom.